The highest BCUT2D eigenvalue weighted by molar-refractivity contribution is 6.11. The Morgan fingerprint density at radius 2 is 1.51 bits per heavy atom. The third-order valence-corrected chi connectivity index (χ3v) is 8.33. The van der Waals surface area contributed by atoms with Crippen molar-refractivity contribution < 1.29 is 33.4 Å². The summed E-state index contributed by atoms with van der Waals surface area (Å²) >= 11 is 0. The van der Waals surface area contributed by atoms with E-state index in [9.17, 15) is 19.2 Å². The van der Waals surface area contributed by atoms with Gasteiger partial charge in [0.2, 0.25) is 0 Å². The van der Waals surface area contributed by atoms with Gasteiger partial charge in [0, 0.05) is 22.4 Å². The van der Waals surface area contributed by atoms with E-state index in [-0.39, 0.29) is 43.8 Å². The number of anilines is 1. The molecule has 1 aliphatic heterocycles. The minimum atomic E-state index is -0.642. The fraction of sp³-hybridized carbons (Fsp3) is 0.175. The molecule has 5 aromatic carbocycles. The molecule has 6 rings (SSSR count). The minimum Gasteiger partial charge on any atom is -0.490 e. The second kappa shape index (κ2) is 15.8. The molecular formula is C40H36N4O7. The predicted octanol–water partition coefficient (Wildman–Crippen LogP) is 6.42. The Bertz CT molecular complexity index is 2050. The SMILES string of the molecule is CCOC(=O)CC(NC(=O)c1ccc2ccccc2c1)c1ccc(OCC2CN(c3ccc(C(=N)NC(=O)c4ccccc4)cc3)C(=O)O2)cc1. The van der Waals surface area contributed by atoms with Crippen LogP contribution < -0.4 is 20.3 Å². The van der Waals surface area contributed by atoms with Crippen LogP contribution in [0.1, 0.15) is 51.2 Å². The number of cyclic esters (lactones) is 1. The van der Waals surface area contributed by atoms with Crippen molar-refractivity contribution in [2.45, 2.75) is 25.5 Å². The van der Waals surface area contributed by atoms with Crippen LogP contribution in [0, 0.1) is 5.41 Å². The zero-order chi connectivity index (χ0) is 35.7. The fourth-order valence-corrected chi connectivity index (χ4v) is 5.67. The normalized spacial score (nSPS) is 14.3. The molecule has 1 fully saturated rings. The van der Waals surface area contributed by atoms with Gasteiger partial charge in [-0.2, -0.15) is 0 Å². The lowest BCUT2D eigenvalue weighted by molar-refractivity contribution is -0.143. The standard InChI is InChI=1S/C40H36N4O7/c1-2-49-36(45)23-35(42-39(47)31-13-12-26-8-6-7-11-30(26)22-31)27-16-20-33(21-17-27)50-25-34-24-44(40(48)51-34)32-18-14-28(15-19-32)37(41)43-38(46)29-9-4-3-5-10-29/h3-22,34-35H,2,23-25H2,1H3,(H,42,47)(H2,41,43,46). The van der Waals surface area contributed by atoms with E-state index >= 15 is 0 Å². The summed E-state index contributed by atoms with van der Waals surface area (Å²) in [6.07, 6.45) is -1.12. The lowest BCUT2D eigenvalue weighted by Gasteiger charge is -2.19. The van der Waals surface area contributed by atoms with Crippen molar-refractivity contribution in [2.75, 3.05) is 24.7 Å². The number of hydrogen-bond donors (Lipinski definition) is 3. The molecule has 11 heteroatoms. The number of benzene rings is 5. The Morgan fingerprint density at radius 3 is 2.24 bits per heavy atom. The van der Waals surface area contributed by atoms with Crippen molar-refractivity contribution >= 4 is 46.2 Å². The predicted molar refractivity (Wildman–Crippen MR) is 192 cm³/mol. The van der Waals surface area contributed by atoms with E-state index in [4.69, 9.17) is 19.6 Å². The number of amidine groups is 1. The average molecular weight is 685 g/mol. The average Bonchev–Trinajstić information content (AvgIpc) is 3.54. The molecular weight excluding hydrogens is 648 g/mol. The number of carbonyl (C=O) groups is 4. The number of nitrogens with one attached hydrogen (secondary N) is 3. The van der Waals surface area contributed by atoms with E-state index in [0.717, 1.165) is 10.8 Å². The second-order valence-electron chi connectivity index (χ2n) is 11.8. The van der Waals surface area contributed by atoms with Gasteiger partial charge in [0.25, 0.3) is 11.8 Å². The largest absolute Gasteiger partial charge is 0.490 e. The van der Waals surface area contributed by atoms with Crippen LogP contribution in [0.5, 0.6) is 5.75 Å². The Hall–Kier alpha value is -6.49. The fourth-order valence-electron chi connectivity index (χ4n) is 5.67. The molecule has 0 spiro atoms. The summed E-state index contributed by atoms with van der Waals surface area (Å²) in [5.41, 5.74) is 2.68. The van der Waals surface area contributed by atoms with Gasteiger partial charge in [-0.1, -0.05) is 60.7 Å². The molecule has 3 N–H and O–H groups in total. The van der Waals surface area contributed by atoms with E-state index in [1.165, 1.54) is 4.90 Å². The van der Waals surface area contributed by atoms with Gasteiger partial charge in [-0.25, -0.2) is 4.79 Å². The molecule has 0 radical (unpaired) electrons. The van der Waals surface area contributed by atoms with E-state index in [1.807, 2.05) is 42.5 Å². The van der Waals surface area contributed by atoms with Crippen molar-refractivity contribution in [1.29, 1.82) is 5.41 Å². The van der Waals surface area contributed by atoms with Crippen molar-refractivity contribution in [3.8, 4) is 5.75 Å². The third-order valence-electron chi connectivity index (χ3n) is 8.33. The molecule has 0 bridgehead atoms. The highest BCUT2D eigenvalue weighted by Crippen LogP contribution is 2.25. The molecule has 2 atom stereocenters. The van der Waals surface area contributed by atoms with E-state index < -0.39 is 24.2 Å². The molecule has 1 aliphatic rings. The Balaban J connectivity index is 1.04. The summed E-state index contributed by atoms with van der Waals surface area (Å²) in [7, 11) is 0. The molecule has 1 heterocycles. The number of rotatable bonds is 12. The van der Waals surface area contributed by atoms with Crippen LogP contribution in [0.2, 0.25) is 0 Å². The van der Waals surface area contributed by atoms with Crippen LogP contribution in [0.3, 0.4) is 0 Å². The maximum absolute atomic E-state index is 13.3. The van der Waals surface area contributed by atoms with Gasteiger partial charge < -0.3 is 24.8 Å². The van der Waals surface area contributed by atoms with Gasteiger partial charge in [0.1, 0.15) is 18.2 Å². The molecule has 2 unspecified atom stereocenters. The first kappa shape index (κ1) is 34.4. The van der Waals surface area contributed by atoms with E-state index in [2.05, 4.69) is 10.6 Å². The third kappa shape index (κ3) is 8.57. The van der Waals surface area contributed by atoms with Gasteiger partial charge in [0.05, 0.1) is 25.6 Å². The van der Waals surface area contributed by atoms with Crippen molar-refractivity contribution in [2.24, 2.45) is 0 Å². The summed E-state index contributed by atoms with van der Waals surface area (Å²) in [6.45, 7) is 2.31. The van der Waals surface area contributed by atoms with Crippen LogP contribution >= 0.6 is 0 Å². The molecule has 3 amide bonds. The maximum Gasteiger partial charge on any atom is 0.414 e. The van der Waals surface area contributed by atoms with Crippen LogP contribution in [0.25, 0.3) is 10.8 Å². The molecule has 51 heavy (non-hydrogen) atoms. The molecule has 5 aromatic rings. The first-order chi connectivity index (χ1) is 24.8. The second-order valence-corrected chi connectivity index (χ2v) is 11.8. The summed E-state index contributed by atoms with van der Waals surface area (Å²) in [4.78, 5) is 52.3. The Labute approximate surface area is 294 Å². The summed E-state index contributed by atoms with van der Waals surface area (Å²) < 4.78 is 16.6. The molecule has 0 saturated carbocycles. The number of hydrogen-bond acceptors (Lipinski definition) is 8. The Kier molecular flexibility index (Phi) is 10.7. The van der Waals surface area contributed by atoms with Gasteiger partial charge in [-0.3, -0.25) is 24.7 Å². The van der Waals surface area contributed by atoms with Crippen LogP contribution in [-0.2, 0) is 14.3 Å². The van der Waals surface area contributed by atoms with E-state index in [1.54, 1.807) is 85.8 Å². The smallest absolute Gasteiger partial charge is 0.414 e. The van der Waals surface area contributed by atoms with Gasteiger partial charge in [-0.15, -0.1) is 0 Å². The van der Waals surface area contributed by atoms with Gasteiger partial charge in [0.15, 0.2) is 6.10 Å². The lowest BCUT2D eigenvalue weighted by Crippen LogP contribution is -2.30. The summed E-state index contributed by atoms with van der Waals surface area (Å²) in [5, 5.41) is 15.8. The number of carbonyl (C=O) groups excluding carboxylic acids is 4. The monoisotopic (exact) mass is 684 g/mol. The highest BCUT2D eigenvalue weighted by Gasteiger charge is 2.33. The quantitative estimate of drug-likeness (QED) is 0.0780. The van der Waals surface area contributed by atoms with E-state index in [0.29, 0.717) is 33.7 Å². The topological polar surface area (TPSA) is 147 Å². The first-order valence-electron chi connectivity index (χ1n) is 16.5. The van der Waals surface area contributed by atoms with Crippen molar-refractivity contribution in [3.63, 3.8) is 0 Å². The molecule has 1 saturated heterocycles. The molecule has 0 aliphatic carbocycles. The van der Waals surface area contributed by atoms with Crippen LogP contribution in [-0.4, -0.2) is 55.6 Å². The molecule has 0 aromatic heterocycles. The highest BCUT2D eigenvalue weighted by atomic mass is 16.6. The maximum atomic E-state index is 13.3. The molecule has 258 valence electrons. The molecule has 11 nitrogen and oxygen atoms in total. The lowest BCUT2D eigenvalue weighted by atomic mass is 10.0. The summed E-state index contributed by atoms with van der Waals surface area (Å²) in [6, 6.07) is 34.9. The zero-order valence-corrected chi connectivity index (χ0v) is 27.8. The summed E-state index contributed by atoms with van der Waals surface area (Å²) in [5.74, 6) is -0.672. The van der Waals surface area contributed by atoms with Crippen LogP contribution in [0.4, 0.5) is 10.5 Å². The zero-order valence-electron chi connectivity index (χ0n) is 27.8. The Morgan fingerprint density at radius 1 is 0.824 bits per heavy atom. The van der Waals surface area contributed by atoms with Gasteiger partial charge in [-0.05, 0) is 83.9 Å². The number of esters is 1. The van der Waals surface area contributed by atoms with Crippen molar-refractivity contribution in [3.05, 3.63) is 144 Å². The van der Waals surface area contributed by atoms with Gasteiger partial charge >= 0.3 is 12.1 Å². The number of ether oxygens (including phenoxy) is 3. The number of nitrogens with zero attached hydrogens (tertiary/aromatic N) is 1. The minimum absolute atomic E-state index is 0.0499. The number of amides is 3. The first-order valence-corrected chi connectivity index (χ1v) is 16.5. The number of fused-ring (bicyclic) bond motifs is 1. The van der Waals surface area contributed by atoms with Crippen molar-refractivity contribution in [1.82, 2.24) is 10.6 Å². The van der Waals surface area contributed by atoms with Crippen LogP contribution in [0.15, 0.2) is 121 Å².